The van der Waals surface area contributed by atoms with Crippen LogP contribution >= 0.6 is 0 Å². The molecular formula is C11H22. The first-order valence-corrected chi connectivity index (χ1v) is 5.03. The van der Waals surface area contributed by atoms with Gasteiger partial charge in [0.25, 0.3) is 0 Å². The molecule has 11 heavy (non-hydrogen) atoms. The van der Waals surface area contributed by atoms with Gasteiger partial charge in [-0.25, -0.2) is 0 Å². The molecule has 0 radical (unpaired) electrons. The van der Waals surface area contributed by atoms with Crippen LogP contribution in [0, 0.1) is 17.3 Å². The van der Waals surface area contributed by atoms with Gasteiger partial charge in [0.1, 0.15) is 0 Å². The van der Waals surface area contributed by atoms with Crippen molar-refractivity contribution in [3.63, 3.8) is 0 Å². The summed E-state index contributed by atoms with van der Waals surface area (Å²) in [6.07, 6.45) is 5.88. The van der Waals surface area contributed by atoms with Crippen molar-refractivity contribution in [2.24, 2.45) is 17.3 Å². The molecule has 0 saturated heterocycles. The molecule has 0 aromatic carbocycles. The first kappa shape index (κ1) is 9.09. The lowest BCUT2D eigenvalue weighted by molar-refractivity contribution is 0.108. The molecule has 0 spiro atoms. The normalized spacial score (nSPS) is 24.8. The Morgan fingerprint density at radius 3 is 2.00 bits per heavy atom. The van der Waals surface area contributed by atoms with Gasteiger partial charge in [-0.15, -0.1) is 0 Å². The zero-order valence-corrected chi connectivity index (χ0v) is 8.48. The van der Waals surface area contributed by atoms with E-state index in [1.807, 2.05) is 0 Å². The highest BCUT2D eigenvalue weighted by molar-refractivity contribution is 4.85. The van der Waals surface area contributed by atoms with Crippen LogP contribution in [-0.2, 0) is 0 Å². The van der Waals surface area contributed by atoms with E-state index in [9.17, 15) is 0 Å². The molecule has 0 aromatic heterocycles. The van der Waals surface area contributed by atoms with E-state index in [-0.39, 0.29) is 0 Å². The van der Waals surface area contributed by atoms with Crippen LogP contribution < -0.4 is 0 Å². The molecular weight excluding hydrogens is 132 g/mol. The third kappa shape index (κ3) is 2.21. The quantitative estimate of drug-likeness (QED) is 0.579. The van der Waals surface area contributed by atoms with Crippen LogP contribution in [0.25, 0.3) is 0 Å². The van der Waals surface area contributed by atoms with Gasteiger partial charge < -0.3 is 0 Å². The predicted molar refractivity (Wildman–Crippen MR) is 50.6 cm³/mol. The van der Waals surface area contributed by atoms with Gasteiger partial charge >= 0.3 is 0 Å². The zero-order chi connectivity index (χ0) is 8.48. The molecule has 1 saturated carbocycles. The van der Waals surface area contributed by atoms with Gasteiger partial charge in [-0.1, -0.05) is 34.1 Å². The van der Waals surface area contributed by atoms with Gasteiger partial charge in [-0.2, -0.15) is 0 Å². The fourth-order valence-electron chi connectivity index (χ4n) is 2.00. The summed E-state index contributed by atoms with van der Waals surface area (Å²) in [4.78, 5) is 0. The lowest BCUT2D eigenvalue weighted by Gasteiger charge is -2.41. The molecule has 0 N–H and O–H groups in total. The SMILES string of the molecule is CC(C)C(C)CC1(C)CCC1. The third-order valence-corrected chi connectivity index (χ3v) is 3.51. The van der Waals surface area contributed by atoms with E-state index in [0.29, 0.717) is 0 Å². The second-order valence-corrected chi connectivity index (χ2v) is 5.09. The molecule has 0 heterocycles. The van der Waals surface area contributed by atoms with E-state index < -0.39 is 0 Å². The van der Waals surface area contributed by atoms with Crippen LogP contribution in [-0.4, -0.2) is 0 Å². The Hall–Kier alpha value is 0. The van der Waals surface area contributed by atoms with Crippen molar-refractivity contribution in [3.05, 3.63) is 0 Å². The first-order valence-electron chi connectivity index (χ1n) is 5.03. The summed E-state index contributed by atoms with van der Waals surface area (Å²) < 4.78 is 0. The van der Waals surface area contributed by atoms with Crippen molar-refractivity contribution in [2.75, 3.05) is 0 Å². The number of rotatable bonds is 3. The van der Waals surface area contributed by atoms with Gasteiger partial charge in [0.05, 0.1) is 0 Å². The van der Waals surface area contributed by atoms with Gasteiger partial charge in [-0.05, 0) is 36.5 Å². The van der Waals surface area contributed by atoms with Gasteiger partial charge in [0.15, 0.2) is 0 Å². The van der Waals surface area contributed by atoms with Crippen LogP contribution in [0.3, 0.4) is 0 Å². The molecule has 0 amide bonds. The molecule has 0 bridgehead atoms. The average molecular weight is 154 g/mol. The monoisotopic (exact) mass is 154 g/mol. The van der Waals surface area contributed by atoms with Crippen LogP contribution in [0.4, 0.5) is 0 Å². The first-order chi connectivity index (χ1) is 5.03. The van der Waals surface area contributed by atoms with Crippen molar-refractivity contribution < 1.29 is 0 Å². The number of hydrogen-bond donors (Lipinski definition) is 0. The van der Waals surface area contributed by atoms with Crippen LogP contribution in [0.5, 0.6) is 0 Å². The minimum atomic E-state index is 0.726. The molecule has 0 aromatic rings. The van der Waals surface area contributed by atoms with E-state index >= 15 is 0 Å². The smallest absolute Gasteiger partial charge is 0.0323 e. The second-order valence-electron chi connectivity index (χ2n) is 5.09. The lowest BCUT2D eigenvalue weighted by Crippen LogP contribution is -2.28. The average Bonchev–Trinajstić information content (AvgIpc) is 1.84. The Labute approximate surface area is 71.4 Å². The maximum absolute atomic E-state index is 2.45. The second kappa shape index (κ2) is 3.16. The summed E-state index contributed by atoms with van der Waals surface area (Å²) in [6.45, 7) is 9.53. The van der Waals surface area contributed by atoms with Crippen LogP contribution in [0.1, 0.15) is 53.4 Å². The summed E-state index contributed by atoms with van der Waals surface area (Å²) in [7, 11) is 0. The van der Waals surface area contributed by atoms with E-state index in [1.54, 1.807) is 0 Å². The minimum Gasteiger partial charge on any atom is -0.0625 e. The topological polar surface area (TPSA) is 0 Å². The standard InChI is InChI=1S/C11H22/c1-9(2)10(3)8-11(4)6-5-7-11/h9-10H,5-8H2,1-4H3. The van der Waals surface area contributed by atoms with Crippen molar-refractivity contribution >= 4 is 0 Å². The van der Waals surface area contributed by atoms with E-state index in [1.165, 1.54) is 25.7 Å². The lowest BCUT2D eigenvalue weighted by atomic mass is 9.65. The summed E-state index contributed by atoms with van der Waals surface area (Å²) in [5, 5.41) is 0. The van der Waals surface area contributed by atoms with Gasteiger partial charge in [-0.3, -0.25) is 0 Å². The summed E-state index contributed by atoms with van der Waals surface area (Å²) in [5.74, 6) is 1.78. The molecule has 0 heteroatoms. The van der Waals surface area contributed by atoms with Gasteiger partial charge in [0, 0.05) is 0 Å². The largest absolute Gasteiger partial charge is 0.0625 e. The molecule has 1 rings (SSSR count). The third-order valence-electron chi connectivity index (χ3n) is 3.51. The van der Waals surface area contributed by atoms with Gasteiger partial charge in [0.2, 0.25) is 0 Å². The van der Waals surface area contributed by atoms with Crippen molar-refractivity contribution in [1.29, 1.82) is 0 Å². The fraction of sp³-hybridized carbons (Fsp3) is 1.00. The Morgan fingerprint density at radius 2 is 1.73 bits per heavy atom. The molecule has 0 nitrogen and oxygen atoms in total. The molecule has 1 aliphatic rings. The van der Waals surface area contributed by atoms with Crippen LogP contribution in [0.15, 0.2) is 0 Å². The summed E-state index contributed by atoms with van der Waals surface area (Å²) in [5.41, 5.74) is 0.726. The molecule has 1 unspecified atom stereocenters. The Kier molecular flexibility index (Phi) is 2.61. The highest BCUT2D eigenvalue weighted by atomic mass is 14.4. The highest BCUT2D eigenvalue weighted by Gasteiger charge is 2.33. The maximum atomic E-state index is 2.45. The van der Waals surface area contributed by atoms with E-state index in [4.69, 9.17) is 0 Å². The highest BCUT2D eigenvalue weighted by Crippen LogP contribution is 2.46. The van der Waals surface area contributed by atoms with Crippen LogP contribution in [0.2, 0.25) is 0 Å². The van der Waals surface area contributed by atoms with E-state index in [2.05, 4.69) is 27.7 Å². The molecule has 1 atom stereocenters. The zero-order valence-electron chi connectivity index (χ0n) is 8.48. The molecule has 1 fully saturated rings. The van der Waals surface area contributed by atoms with Crippen molar-refractivity contribution in [2.45, 2.75) is 53.4 Å². The summed E-state index contributed by atoms with van der Waals surface area (Å²) in [6, 6.07) is 0. The van der Waals surface area contributed by atoms with Crippen molar-refractivity contribution in [1.82, 2.24) is 0 Å². The summed E-state index contributed by atoms with van der Waals surface area (Å²) >= 11 is 0. The molecule has 0 aliphatic heterocycles. The van der Waals surface area contributed by atoms with E-state index in [0.717, 1.165) is 17.3 Å². The Morgan fingerprint density at radius 1 is 1.18 bits per heavy atom. The van der Waals surface area contributed by atoms with Crippen molar-refractivity contribution in [3.8, 4) is 0 Å². The minimum absolute atomic E-state index is 0.726. The Bertz CT molecular complexity index is 120. The Balaban J connectivity index is 2.29. The number of hydrogen-bond acceptors (Lipinski definition) is 0. The maximum Gasteiger partial charge on any atom is -0.0323 e. The predicted octanol–water partition coefficient (Wildman–Crippen LogP) is 3.86. The molecule has 1 aliphatic carbocycles. The fourth-order valence-corrected chi connectivity index (χ4v) is 2.00. The molecule has 66 valence electrons.